The second-order valence-electron chi connectivity index (χ2n) is 6.90. The number of nitrogens with one attached hydrogen (secondary N) is 1. The van der Waals surface area contributed by atoms with Crippen LogP contribution in [0, 0.1) is 20.8 Å². The Bertz CT molecular complexity index is 979. The molecule has 0 spiro atoms. The zero-order valence-electron chi connectivity index (χ0n) is 16.4. The van der Waals surface area contributed by atoms with Gasteiger partial charge in [-0.15, -0.1) is 11.3 Å². The Balaban J connectivity index is 1.78. The first-order valence-electron chi connectivity index (χ1n) is 9.07. The van der Waals surface area contributed by atoms with Gasteiger partial charge in [0.05, 0.1) is 17.6 Å². The van der Waals surface area contributed by atoms with Crippen molar-refractivity contribution in [3.05, 3.63) is 57.4 Å². The molecule has 0 bridgehead atoms. The molecule has 0 aliphatic rings. The van der Waals surface area contributed by atoms with E-state index >= 15 is 0 Å². The minimum atomic E-state index is -0.0767. The zero-order chi connectivity index (χ0) is 19.6. The molecule has 0 saturated carbocycles. The number of aromatic nitrogens is 2. The monoisotopic (exact) mass is 383 g/mol. The lowest BCUT2D eigenvalue weighted by Crippen LogP contribution is -2.23. The molecule has 2 heterocycles. The van der Waals surface area contributed by atoms with Gasteiger partial charge in [0.25, 0.3) is 5.91 Å². The second-order valence-corrected chi connectivity index (χ2v) is 7.90. The van der Waals surface area contributed by atoms with Crippen molar-refractivity contribution in [2.75, 3.05) is 0 Å². The first-order valence-corrected chi connectivity index (χ1v) is 9.89. The summed E-state index contributed by atoms with van der Waals surface area (Å²) >= 11 is 1.43. The van der Waals surface area contributed by atoms with Crippen molar-refractivity contribution in [2.45, 2.75) is 53.9 Å². The van der Waals surface area contributed by atoms with E-state index in [0.717, 1.165) is 38.4 Å². The Labute approximate surface area is 163 Å². The van der Waals surface area contributed by atoms with Crippen molar-refractivity contribution in [1.82, 2.24) is 15.3 Å². The molecule has 0 unspecified atom stereocenters. The smallest absolute Gasteiger partial charge is 0.261 e. The lowest BCUT2D eigenvalue weighted by atomic mass is 10.1. The van der Waals surface area contributed by atoms with Gasteiger partial charge < -0.3 is 10.1 Å². The van der Waals surface area contributed by atoms with Crippen molar-refractivity contribution in [3.8, 4) is 0 Å². The average Bonchev–Trinajstić information content (AvgIpc) is 2.95. The minimum Gasteiger partial charge on any atom is -0.374 e. The van der Waals surface area contributed by atoms with E-state index in [2.05, 4.69) is 15.3 Å². The Morgan fingerprint density at radius 2 is 1.85 bits per heavy atom. The van der Waals surface area contributed by atoms with Crippen LogP contribution in [0.15, 0.2) is 24.3 Å². The molecule has 0 radical (unpaired) electrons. The third-order valence-corrected chi connectivity index (χ3v) is 5.60. The molecular weight excluding hydrogens is 358 g/mol. The van der Waals surface area contributed by atoms with E-state index in [1.165, 1.54) is 11.3 Å². The molecule has 0 atom stereocenters. The molecule has 142 valence electrons. The first-order chi connectivity index (χ1) is 12.9. The van der Waals surface area contributed by atoms with Crippen LogP contribution in [0.5, 0.6) is 0 Å². The van der Waals surface area contributed by atoms with Gasteiger partial charge in [-0.25, -0.2) is 9.97 Å². The summed E-state index contributed by atoms with van der Waals surface area (Å²) in [5.41, 5.74) is 4.02. The summed E-state index contributed by atoms with van der Waals surface area (Å²) in [6, 6.07) is 8.03. The van der Waals surface area contributed by atoms with Crippen molar-refractivity contribution in [1.29, 1.82) is 0 Å². The number of thiophene rings is 1. The maximum Gasteiger partial charge on any atom is 0.261 e. The largest absolute Gasteiger partial charge is 0.374 e. The van der Waals surface area contributed by atoms with Crippen LogP contribution in [0.2, 0.25) is 0 Å². The summed E-state index contributed by atoms with van der Waals surface area (Å²) in [6.07, 6.45) is 0.168. The third kappa shape index (κ3) is 4.34. The molecule has 0 aliphatic carbocycles. The quantitative estimate of drug-likeness (QED) is 0.682. The molecular formula is C21H25N3O2S. The van der Waals surface area contributed by atoms with Gasteiger partial charge in [0, 0.05) is 17.6 Å². The van der Waals surface area contributed by atoms with Crippen LogP contribution in [-0.4, -0.2) is 22.0 Å². The number of rotatable bonds is 6. The lowest BCUT2D eigenvalue weighted by Gasteiger charge is -2.12. The van der Waals surface area contributed by atoms with E-state index in [9.17, 15) is 4.79 Å². The van der Waals surface area contributed by atoms with E-state index in [4.69, 9.17) is 4.74 Å². The van der Waals surface area contributed by atoms with Gasteiger partial charge in [-0.1, -0.05) is 24.3 Å². The van der Waals surface area contributed by atoms with E-state index in [1.807, 2.05) is 58.9 Å². The second kappa shape index (κ2) is 8.15. The summed E-state index contributed by atoms with van der Waals surface area (Å²) in [5, 5.41) is 4.03. The Kier molecular flexibility index (Phi) is 5.87. The SMILES string of the molecule is Cc1nc(C)c2c(C)c(C(=O)NCc3ccccc3COC(C)C)sc2n1. The number of carbonyl (C=O) groups excluding carboxylic acids is 1. The molecule has 5 nitrogen and oxygen atoms in total. The van der Waals surface area contributed by atoms with Gasteiger partial charge >= 0.3 is 0 Å². The highest BCUT2D eigenvalue weighted by atomic mass is 32.1. The summed E-state index contributed by atoms with van der Waals surface area (Å²) in [4.78, 5) is 23.3. The van der Waals surface area contributed by atoms with Gasteiger partial charge in [-0.05, 0) is 51.3 Å². The van der Waals surface area contributed by atoms with Crippen LogP contribution in [-0.2, 0) is 17.9 Å². The molecule has 3 aromatic rings. The van der Waals surface area contributed by atoms with Gasteiger partial charge in [0.2, 0.25) is 0 Å². The number of carbonyl (C=O) groups is 1. The number of aryl methyl sites for hydroxylation is 3. The molecule has 1 amide bonds. The molecule has 0 saturated heterocycles. The first kappa shape index (κ1) is 19.5. The van der Waals surface area contributed by atoms with Crippen molar-refractivity contribution < 1.29 is 9.53 Å². The molecule has 6 heteroatoms. The maximum atomic E-state index is 12.8. The fourth-order valence-corrected chi connectivity index (χ4v) is 4.27. The molecule has 0 aliphatic heterocycles. The van der Waals surface area contributed by atoms with Crippen LogP contribution in [0.4, 0.5) is 0 Å². The predicted molar refractivity (Wildman–Crippen MR) is 109 cm³/mol. The number of ether oxygens (including phenoxy) is 1. The summed E-state index contributed by atoms with van der Waals surface area (Å²) in [6.45, 7) is 10.8. The fraction of sp³-hybridized carbons (Fsp3) is 0.381. The molecule has 27 heavy (non-hydrogen) atoms. The van der Waals surface area contributed by atoms with E-state index in [1.54, 1.807) is 0 Å². The van der Waals surface area contributed by atoms with E-state index in [-0.39, 0.29) is 12.0 Å². The Morgan fingerprint density at radius 3 is 2.56 bits per heavy atom. The van der Waals surface area contributed by atoms with E-state index in [0.29, 0.717) is 18.0 Å². The molecule has 0 fully saturated rings. The highest BCUT2D eigenvalue weighted by Gasteiger charge is 2.18. The number of nitrogens with zero attached hydrogens (tertiary/aromatic N) is 2. The van der Waals surface area contributed by atoms with Gasteiger partial charge in [0.15, 0.2) is 0 Å². The van der Waals surface area contributed by atoms with Gasteiger partial charge in [0.1, 0.15) is 10.7 Å². The van der Waals surface area contributed by atoms with Crippen LogP contribution in [0.25, 0.3) is 10.2 Å². The highest BCUT2D eigenvalue weighted by molar-refractivity contribution is 7.20. The number of hydrogen-bond donors (Lipinski definition) is 1. The van der Waals surface area contributed by atoms with Crippen molar-refractivity contribution >= 4 is 27.5 Å². The number of hydrogen-bond acceptors (Lipinski definition) is 5. The van der Waals surface area contributed by atoms with Crippen LogP contribution < -0.4 is 5.32 Å². The minimum absolute atomic E-state index is 0.0767. The van der Waals surface area contributed by atoms with Crippen molar-refractivity contribution in [2.24, 2.45) is 0 Å². The standard InChI is InChI=1S/C21H25N3O2S/c1-12(2)26-11-17-9-7-6-8-16(17)10-22-20(25)19-13(3)18-14(4)23-15(5)24-21(18)27-19/h6-9,12H,10-11H2,1-5H3,(H,22,25). The molecule has 1 N–H and O–H groups in total. The summed E-state index contributed by atoms with van der Waals surface area (Å²) < 4.78 is 5.72. The Morgan fingerprint density at radius 1 is 1.15 bits per heavy atom. The van der Waals surface area contributed by atoms with Crippen LogP contribution >= 0.6 is 11.3 Å². The Hall–Kier alpha value is -2.31. The summed E-state index contributed by atoms with van der Waals surface area (Å²) in [5.74, 6) is 0.652. The zero-order valence-corrected chi connectivity index (χ0v) is 17.2. The predicted octanol–water partition coefficient (Wildman–Crippen LogP) is 4.47. The average molecular weight is 384 g/mol. The highest BCUT2D eigenvalue weighted by Crippen LogP contribution is 2.31. The number of benzene rings is 1. The third-order valence-electron chi connectivity index (χ3n) is 4.42. The topological polar surface area (TPSA) is 64.1 Å². The lowest BCUT2D eigenvalue weighted by molar-refractivity contribution is 0.0651. The molecule has 1 aromatic carbocycles. The number of amides is 1. The summed E-state index contributed by atoms with van der Waals surface area (Å²) in [7, 11) is 0. The maximum absolute atomic E-state index is 12.8. The van der Waals surface area contributed by atoms with E-state index < -0.39 is 0 Å². The van der Waals surface area contributed by atoms with Gasteiger partial charge in [-0.3, -0.25) is 4.79 Å². The molecule has 2 aromatic heterocycles. The normalized spacial score (nSPS) is 11.3. The molecule has 3 rings (SSSR count). The van der Waals surface area contributed by atoms with Crippen LogP contribution in [0.1, 0.15) is 51.7 Å². The van der Waals surface area contributed by atoms with Crippen molar-refractivity contribution in [3.63, 3.8) is 0 Å². The fourth-order valence-electron chi connectivity index (χ4n) is 3.07. The van der Waals surface area contributed by atoms with Crippen LogP contribution in [0.3, 0.4) is 0 Å². The van der Waals surface area contributed by atoms with Gasteiger partial charge in [-0.2, -0.15) is 0 Å². The number of fused-ring (bicyclic) bond motifs is 1.